The molecule has 0 atom stereocenters. The van der Waals surface area contributed by atoms with Gasteiger partial charge in [-0.1, -0.05) is 42.5 Å². The standard InChI is InChI=1S/C24H20O5/c1-15(25)17-8-9-18-19(10-17)21(26)14-29-22-12-24(23(27-2)11-20(18)22)28-13-16-6-4-3-5-7-16/h3-12H,13-14H2,1-2H3. The van der Waals surface area contributed by atoms with Crippen molar-refractivity contribution in [1.29, 1.82) is 0 Å². The third kappa shape index (κ3) is 3.72. The van der Waals surface area contributed by atoms with E-state index in [-0.39, 0.29) is 18.2 Å². The Hall–Kier alpha value is -3.60. The van der Waals surface area contributed by atoms with Gasteiger partial charge in [-0.15, -0.1) is 0 Å². The maximum absolute atomic E-state index is 12.6. The molecule has 5 nitrogen and oxygen atoms in total. The van der Waals surface area contributed by atoms with Crippen molar-refractivity contribution in [2.75, 3.05) is 13.7 Å². The van der Waals surface area contributed by atoms with Crippen LogP contribution in [0, 0.1) is 0 Å². The van der Waals surface area contributed by atoms with Gasteiger partial charge in [0.15, 0.2) is 23.9 Å². The summed E-state index contributed by atoms with van der Waals surface area (Å²) in [5.41, 5.74) is 3.43. The molecule has 0 fully saturated rings. The Morgan fingerprint density at radius 2 is 1.76 bits per heavy atom. The summed E-state index contributed by atoms with van der Waals surface area (Å²) >= 11 is 0. The van der Waals surface area contributed by atoms with E-state index in [9.17, 15) is 9.59 Å². The lowest BCUT2D eigenvalue weighted by molar-refractivity contribution is 0.0925. The second-order valence-electron chi connectivity index (χ2n) is 6.80. The summed E-state index contributed by atoms with van der Waals surface area (Å²) in [5.74, 6) is 1.35. The molecule has 0 aromatic heterocycles. The fraction of sp³-hybridized carbons (Fsp3) is 0.167. The number of carbonyl (C=O) groups excluding carboxylic acids is 2. The van der Waals surface area contributed by atoms with Crippen molar-refractivity contribution in [1.82, 2.24) is 0 Å². The second-order valence-corrected chi connectivity index (χ2v) is 6.80. The summed E-state index contributed by atoms with van der Waals surface area (Å²) < 4.78 is 17.2. The van der Waals surface area contributed by atoms with Crippen LogP contribution in [0.1, 0.15) is 33.2 Å². The highest BCUT2D eigenvalue weighted by Gasteiger charge is 2.24. The first-order valence-electron chi connectivity index (χ1n) is 9.27. The fourth-order valence-corrected chi connectivity index (χ4v) is 3.33. The van der Waals surface area contributed by atoms with Crippen molar-refractivity contribution >= 4 is 11.6 Å². The molecule has 3 aromatic carbocycles. The average molecular weight is 388 g/mol. The summed E-state index contributed by atoms with van der Waals surface area (Å²) in [6.07, 6.45) is 0. The summed E-state index contributed by atoms with van der Waals surface area (Å²) in [5, 5.41) is 0. The number of ketones is 2. The van der Waals surface area contributed by atoms with Crippen LogP contribution < -0.4 is 14.2 Å². The molecule has 1 heterocycles. The van der Waals surface area contributed by atoms with E-state index in [1.165, 1.54) is 6.92 Å². The Morgan fingerprint density at radius 1 is 0.966 bits per heavy atom. The molecule has 5 heteroatoms. The molecule has 1 aliphatic heterocycles. The van der Waals surface area contributed by atoms with E-state index in [1.807, 2.05) is 30.3 Å². The molecule has 0 saturated carbocycles. The highest BCUT2D eigenvalue weighted by molar-refractivity contribution is 6.07. The molecule has 4 rings (SSSR count). The Kier molecular flexibility index (Phi) is 5.04. The summed E-state index contributed by atoms with van der Waals surface area (Å²) in [4.78, 5) is 24.3. The molecule has 3 aromatic rings. The third-order valence-corrected chi connectivity index (χ3v) is 4.88. The molecule has 29 heavy (non-hydrogen) atoms. The van der Waals surface area contributed by atoms with Gasteiger partial charge in [0.1, 0.15) is 12.4 Å². The minimum absolute atomic E-state index is 0.0896. The maximum atomic E-state index is 12.6. The van der Waals surface area contributed by atoms with Crippen molar-refractivity contribution in [2.24, 2.45) is 0 Å². The number of benzene rings is 3. The number of carbonyl (C=O) groups is 2. The molecular weight excluding hydrogens is 368 g/mol. The second kappa shape index (κ2) is 7.80. The number of ether oxygens (including phenoxy) is 3. The van der Waals surface area contributed by atoms with Gasteiger partial charge in [-0.05, 0) is 30.2 Å². The number of Topliss-reactive ketones (excluding diaryl/α,β-unsaturated/α-hetero) is 2. The van der Waals surface area contributed by atoms with E-state index < -0.39 is 0 Å². The van der Waals surface area contributed by atoms with Crippen LogP contribution >= 0.6 is 0 Å². The zero-order valence-electron chi connectivity index (χ0n) is 16.2. The van der Waals surface area contributed by atoms with Crippen LogP contribution in [0.25, 0.3) is 11.1 Å². The third-order valence-electron chi connectivity index (χ3n) is 4.88. The molecule has 0 radical (unpaired) electrons. The highest BCUT2D eigenvalue weighted by Crippen LogP contribution is 2.43. The number of hydrogen-bond donors (Lipinski definition) is 0. The van der Waals surface area contributed by atoms with E-state index in [0.717, 1.165) is 11.1 Å². The monoisotopic (exact) mass is 388 g/mol. The van der Waals surface area contributed by atoms with Gasteiger partial charge in [-0.3, -0.25) is 9.59 Å². The SMILES string of the molecule is COc1cc2c(cc1OCc1ccccc1)OCC(=O)c1cc(C(C)=O)ccc1-2. The summed E-state index contributed by atoms with van der Waals surface area (Å²) in [6, 6.07) is 18.5. The zero-order chi connectivity index (χ0) is 20.4. The van der Waals surface area contributed by atoms with Gasteiger partial charge >= 0.3 is 0 Å². The quantitative estimate of drug-likeness (QED) is 0.592. The number of hydrogen-bond acceptors (Lipinski definition) is 5. The van der Waals surface area contributed by atoms with Gasteiger partial charge in [0.05, 0.1) is 7.11 Å². The normalized spacial score (nSPS) is 12.3. The highest BCUT2D eigenvalue weighted by atomic mass is 16.5. The van der Waals surface area contributed by atoms with E-state index in [0.29, 0.717) is 40.5 Å². The first-order valence-corrected chi connectivity index (χ1v) is 9.27. The van der Waals surface area contributed by atoms with Gasteiger partial charge in [0.2, 0.25) is 5.78 Å². The molecule has 1 aliphatic rings. The lowest BCUT2D eigenvalue weighted by Crippen LogP contribution is -2.10. The van der Waals surface area contributed by atoms with Gasteiger partial charge in [-0.2, -0.15) is 0 Å². The van der Waals surface area contributed by atoms with Crippen LogP contribution in [0.15, 0.2) is 60.7 Å². The lowest BCUT2D eigenvalue weighted by Gasteiger charge is -2.15. The largest absolute Gasteiger partial charge is 0.493 e. The van der Waals surface area contributed by atoms with Crippen LogP contribution in [0.5, 0.6) is 17.2 Å². The Morgan fingerprint density at radius 3 is 2.48 bits per heavy atom. The van der Waals surface area contributed by atoms with Crippen molar-refractivity contribution < 1.29 is 23.8 Å². The summed E-state index contributed by atoms with van der Waals surface area (Å²) in [7, 11) is 1.57. The van der Waals surface area contributed by atoms with Crippen LogP contribution in [0.4, 0.5) is 0 Å². The topological polar surface area (TPSA) is 61.8 Å². The molecule has 0 unspecified atom stereocenters. The number of methoxy groups -OCH3 is 1. The van der Waals surface area contributed by atoms with E-state index in [1.54, 1.807) is 37.4 Å². The van der Waals surface area contributed by atoms with Crippen LogP contribution in [-0.4, -0.2) is 25.3 Å². The maximum Gasteiger partial charge on any atom is 0.200 e. The molecule has 0 bridgehead atoms. The molecule has 146 valence electrons. The first kappa shape index (κ1) is 18.7. The molecule has 0 amide bonds. The van der Waals surface area contributed by atoms with E-state index >= 15 is 0 Å². The Balaban J connectivity index is 1.75. The minimum Gasteiger partial charge on any atom is -0.493 e. The number of rotatable bonds is 5. The van der Waals surface area contributed by atoms with Gasteiger partial charge < -0.3 is 14.2 Å². The average Bonchev–Trinajstić information content (AvgIpc) is 2.88. The zero-order valence-corrected chi connectivity index (χ0v) is 16.2. The van der Waals surface area contributed by atoms with Crippen molar-refractivity contribution in [2.45, 2.75) is 13.5 Å². The summed E-state index contributed by atoms with van der Waals surface area (Å²) in [6.45, 7) is 1.76. The molecule has 0 saturated heterocycles. The first-order chi connectivity index (χ1) is 14.1. The van der Waals surface area contributed by atoms with Crippen molar-refractivity contribution in [3.8, 4) is 28.4 Å². The smallest absolute Gasteiger partial charge is 0.200 e. The molecule has 0 spiro atoms. The minimum atomic E-state index is -0.176. The van der Waals surface area contributed by atoms with Crippen molar-refractivity contribution in [3.63, 3.8) is 0 Å². The molecular formula is C24H20O5. The van der Waals surface area contributed by atoms with Crippen LogP contribution in [0.2, 0.25) is 0 Å². The fourth-order valence-electron chi connectivity index (χ4n) is 3.33. The predicted octanol–water partition coefficient (Wildman–Crippen LogP) is 4.72. The predicted molar refractivity (Wildman–Crippen MR) is 109 cm³/mol. The molecule has 0 aliphatic carbocycles. The van der Waals surface area contributed by atoms with E-state index in [4.69, 9.17) is 14.2 Å². The van der Waals surface area contributed by atoms with Gasteiger partial charge in [-0.25, -0.2) is 0 Å². The van der Waals surface area contributed by atoms with Crippen molar-refractivity contribution in [3.05, 3.63) is 77.4 Å². The van der Waals surface area contributed by atoms with Gasteiger partial charge in [0.25, 0.3) is 0 Å². The lowest BCUT2D eigenvalue weighted by atomic mass is 9.94. The van der Waals surface area contributed by atoms with E-state index in [2.05, 4.69) is 0 Å². The van der Waals surface area contributed by atoms with Crippen LogP contribution in [0.3, 0.4) is 0 Å². The number of fused-ring (bicyclic) bond motifs is 3. The van der Waals surface area contributed by atoms with Gasteiger partial charge in [0, 0.05) is 22.8 Å². The Labute approximate surface area is 168 Å². The Bertz CT molecular complexity index is 1090. The van der Waals surface area contributed by atoms with Crippen LogP contribution in [-0.2, 0) is 6.61 Å². The molecule has 0 N–H and O–H groups in total.